The number of carbonyl (C=O) groups excluding carboxylic acids is 1. The van der Waals surface area contributed by atoms with E-state index in [-0.39, 0.29) is 18.6 Å². The molecule has 2 atom stereocenters. The van der Waals surface area contributed by atoms with Crippen molar-refractivity contribution in [3.8, 4) is 5.75 Å². The molecule has 0 unspecified atom stereocenters. The molecular formula is C24H20ClN5O2S. The summed E-state index contributed by atoms with van der Waals surface area (Å²) in [5.74, 6) is 1.19. The summed E-state index contributed by atoms with van der Waals surface area (Å²) in [7, 11) is 0. The lowest BCUT2D eigenvalue weighted by Gasteiger charge is -2.33. The van der Waals surface area contributed by atoms with Gasteiger partial charge in [-0.3, -0.25) is 4.79 Å². The number of rotatable bonds is 6. The first-order chi connectivity index (χ1) is 16.2. The Kier molecular flexibility index (Phi) is 6.19. The van der Waals surface area contributed by atoms with E-state index in [1.54, 1.807) is 16.8 Å². The topological polar surface area (TPSA) is 81.1 Å². The number of amides is 1. The highest BCUT2D eigenvalue weighted by Gasteiger charge is 2.38. The number of aromatic nitrogens is 3. The zero-order valence-electron chi connectivity index (χ0n) is 17.4. The third-order valence-electron chi connectivity index (χ3n) is 5.16. The van der Waals surface area contributed by atoms with E-state index in [1.807, 2.05) is 72.8 Å². The molecule has 0 saturated carbocycles. The summed E-state index contributed by atoms with van der Waals surface area (Å²) in [5.41, 5.74) is 4.97. The fraction of sp³-hybridized carbons (Fsp3) is 0.125. The number of hydrogen-bond acceptors (Lipinski definition) is 6. The van der Waals surface area contributed by atoms with Crippen molar-refractivity contribution in [3.05, 3.63) is 101 Å². The lowest BCUT2D eigenvalue weighted by molar-refractivity contribution is -0.116. The minimum absolute atomic E-state index is 0.175. The third-order valence-corrected chi connectivity index (χ3v) is 6.71. The third kappa shape index (κ3) is 4.67. The number of hydrogen-bond donors (Lipinski definition) is 2. The monoisotopic (exact) mass is 477 g/mol. The minimum atomic E-state index is -0.497. The molecule has 1 amide bonds. The number of benzene rings is 3. The quantitative estimate of drug-likeness (QED) is 0.410. The number of nitrogens with zero attached hydrogens (tertiary/aromatic N) is 3. The van der Waals surface area contributed by atoms with Gasteiger partial charge in [-0.05, 0) is 29.8 Å². The van der Waals surface area contributed by atoms with E-state index in [9.17, 15) is 4.79 Å². The number of anilines is 1. The number of nitrogens with one attached hydrogen (secondary N) is 2. The van der Waals surface area contributed by atoms with Gasteiger partial charge in [0.1, 0.15) is 17.6 Å². The molecule has 2 heterocycles. The fourth-order valence-corrected chi connectivity index (χ4v) is 4.82. The molecule has 0 spiro atoms. The van der Waals surface area contributed by atoms with Gasteiger partial charge >= 0.3 is 0 Å². The molecule has 0 aliphatic carbocycles. The van der Waals surface area contributed by atoms with Crippen molar-refractivity contribution >= 4 is 35.0 Å². The second-order valence-electron chi connectivity index (χ2n) is 7.36. The van der Waals surface area contributed by atoms with Crippen molar-refractivity contribution in [2.45, 2.75) is 23.1 Å². The molecule has 0 saturated heterocycles. The van der Waals surface area contributed by atoms with Crippen molar-refractivity contribution in [2.24, 2.45) is 0 Å². The Hall–Kier alpha value is -3.49. The van der Waals surface area contributed by atoms with Gasteiger partial charge in [0.15, 0.2) is 5.82 Å². The molecule has 1 aliphatic heterocycles. The van der Waals surface area contributed by atoms with Crippen molar-refractivity contribution in [3.63, 3.8) is 0 Å². The summed E-state index contributed by atoms with van der Waals surface area (Å²) in [5, 5.41) is 12.1. The smallest absolute Gasteiger partial charge is 0.240 e. The van der Waals surface area contributed by atoms with E-state index in [4.69, 9.17) is 16.3 Å². The first kappa shape index (κ1) is 21.4. The molecule has 4 aromatic rings. The summed E-state index contributed by atoms with van der Waals surface area (Å²) in [6, 6.07) is 26.2. The lowest BCUT2D eigenvalue weighted by atomic mass is 10.0. The Balaban J connectivity index is 1.41. The highest BCUT2D eigenvalue weighted by atomic mass is 35.5. The molecule has 166 valence electrons. The SMILES string of the molecule is O=C(Nc1ccccc1Cl)[C@H]1Sc2nnc(COc3ccccc3)n2N[C@@H]1c1ccccc1. The van der Waals surface area contributed by atoms with Crippen LogP contribution in [0, 0.1) is 0 Å². The molecule has 1 aliphatic rings. The largest absolute Gasteiger partial charge is 0.486 e. The van der Waals surface area contributed by atoms with Crippen LogP contribution in [0.25, 0.3) is 0 Å². The zero-order chi connectivity index (χ0) is 22.6. The van der Waals surface area contributed by atoms with Gasteiger partial charge in [-0.1, -0.05) is 84.0 Å². The van der Waals surface area contributed by atoms with Gasteiger partial charge in [-0.2, -0.15) is 0 Å². The van der Waals surface area contributed by atoms with E-state index >= 15 is 0 Å². The predicted octanol–water partition coefficient (Wildman–Crippen LogP) is 4.91. The zero-order valence-corrected chi connectivity index (χ0v) is 19.0. The van der Waals surface area contributed by atoms with E-state index in [1.165, 1.54) is 11.8 Å². The standard InChI is InChI=1S/C24H20ClN5O2S/c25-18-13-7-8-14-19(18)26-23(31)22-21(16-9-3-1-4-10-16)29-30-20(27-28-24(30)33-22)15-32-17-11-5-2-6-12-17/h1-14,21-22,29H,15H2,(H,26,31)/t21-,22+/m1/s1. The van der Waals surface area contributed by atoms with Crippen molar-refractivity contribution < 1.29 is 9.53 Å². The highest BCUT2D eigenvalue weighted by molar-refractivity contribution is 8.00. The van der Waals surface area contributed by atoms with E-state index < -0.39 is 5.25 Å². The van der Waals surface area contributed by atoms with Crippen molar-refractivity contribution in [2.75, 3.05) is 10.7 Å². The predicted molar refractivity (Wildman–Crippen MR) is 129 cm³/mol. The molecular weight excluding hydrogens is 458 g/mol. The van der Waals surface area contributed by atoms with Gasteiger partial charge in [-0.15, -0.1) is 10.2 Å². The number of thioether (sulfide) groups is 1. The lowest BCUT2D eigenvalue weighted by Crippen LogP contribution is -2.41. The number of para-hydroxylation sites is 2. The highest BCUT2D eigenvalue weighted by Crippen LogP contribution is 2.38. The first-order valence-corrected chi connectivity index (χ1v) is 11.6. The van der Waals surface area contributed by atoms with Crippen LogP contribution in [0.5, 0.6) is 5.75 Å². The van der Waals surface area contributed by atoms with Gasteiger partial charge in [0.2, 0.25) is 11.1 Å². The normalized spacial score (nSPS) is 17.0. The van der Waals surface area contributed by atoms with Crippen molar-refractivity contribution in [1.29, 1.82) is 0 Å². The average Bonchev–Trinajstić information content (AvgIpc) is 3.26. The van der Waals surface area contributed by atoms with E-state index in [2.05, 4.69) is 20.9 Å². The minimum Gasteiger partial charge on any atom is -0.486 e. The molecule has 5 rings (SSSR count). The summed E-state index contributed by atoms with van der Waals surface area (Å²) in [4.78, 5) is 13.3. The maximum Gasteiger partial charge on any atom is 0.240 e. The fourth-order valence-electron chi connectivity index (χ4n) is 3.53. The molecule has 9 heteroatoms. The first-order valence-electron chi connectivity index (χ1n) is 10.3. The maximum absolute atomic E-state index is 13.3. The molecule has 7 nitrogen and oxygen atoms in total. The van der Waals surface area contributed by atoms with E-state index in [0.717, 1.165) is 11.3 Å². The Morgan fingerprint density at radius 2 is 1.70 bits per heavy atom. The Bertz CT molecular complexity index is 1250. The molecule has 1 aromatic heterocycles. The second kappa shape index (κ2) is 9.56. The summed E-state index contributed by atoms with van der Waals surface area (Å²) >= 11 is 7.60. The summed E-state index contributed by atoms with van der Waals surface area (Å²) in [6.07, 6.45) is 0. The molecule has 33 heavy (non-hydrogen) atoms. The van der Waals surface area contributed by atoms with Crippen LogP contribution in [0.3, 0.4) is 0 Å². The van der Waals surface area contributed by atoms with Crippen LogP contribution in [0.4, 0.5) is 5.69 Å². The van der Waals surface area contributed by atoms with Crippen LogP contribution < -0.4 is 15.5 Å². The van der Waals surface area contributed by atoms with Crippen LogP contribution in [-0.2, 0) is 11.4 Å². The molecule has 2 N–H and O–H groups in total. The van der Waals surface area contributed by atoms with E-state index in [0.29, 0.717) is 21.7 Å². The van der Waals surface area contributed by atoms with Gasteiger partial charge in [-0.25, -0.2) is 4.68 Å². The van der Waals surface area contributed by atoms with Crippen LogP contribution in [0.1, 0.15) is 17.4 Å². The number of fused-ring (bicyclic) bond motifs is 1. The maximum atomic E-state index is 13.3. The summed E-state index contributed by atoms with van der Waals surface area (Å²) in [6.45, 7) is 0.239. The Labute approximate surface area is 200 Å². The van der Waals surface area contributed by atoms with Gasteiger partial charge in [0.25, 0.3) is 0 Å². The molecule has 0 radical (unpaired) electrons. The van der Waals surface area contributed by atoms with Crippen LogP contribution >= 0.6 is 23.4 Å². The molecule has 3 aromatic carbocycles. The molecule has 0 fully saturated rings. The molecule has 0 bridgehead atoms. The number of carbonyl (C=O) groups is 1. The van der Waals surface area contributed by atoms with Crippen LogP contribution in [0.2, 0.25) is 5.02 Å². The number of ether oxygens (including phenoxy) is 1. The van der Waals surface area contributed by atoms with Gasteiger partial charge < -0.3 is 15.5 Å². The van der Waals surface area contributed by atoms with Crippen LogP contribution in [0.15, 0.2) is 90.1 Å². The Morgan fingerprint density at radius 1 is 1.00 bits per heavy atom. The average molecular weight is 478 g/mol. The van der Waals surface area contributed by atoms with Crippen LogP contribution in [-0.4, -0.2) is 26.0 Å². The van der Waals surface area contributed by atoms with Crippen molar-refractivity contribution in [1.82, 2.24) is 14.9 Å². The van der Waals surface area contributed by atoms with Gasteiger partial charge in [0.05, 0.1) is 16.8 Å². The van der Waals surface area contributed by atoms with Gasteiger partial charge in [0, 0.05) is 0 Å². The number of halogens is 1. The second-order valence-corrected chi connectivity index (χ2v) is 8.88. The Morgan fingerprint density at radius 3 is 2.45 bits per heavy atom. The summed E-state index contributed by atoms with van der Waals surface area (Å²) < 4.78 is 7.65.